The van der Waals surface area contributed by atoms with Crippen molar-refractivity contribution in [2.45, 2.75) is 79.1 Å². The Balaban J connectivity index is -0.000000213. The van der Waals surface area contributed by atoms with Crippen LogP contribution in [0.4, 0.5) is 14.1 Å². The third kappa shape index (κ3) is 12.8. The van der Waals surface area contributed by atoms with Gasteiger partial charge in [0.25, 0.3) is 0 Å². The van der Waals surface area contributed by atoms with Crippen molar-refractivity contribution in [3.8, 4) is 0 Å². The van der Waals surface area contributed by atoms with Gasteiger partial charge in [-0.25, -0.2) is 0 Å². The Morgan fingerprint density at radius 2 is 0.700 bits per heavy atom. The van der Waals surface area contributed by atoms with Crippen molar-refractivity contribution in [1.29, 1.82) is 0 Å². The maximum Gasteiger partial charge on any atom is 1.00 e. The maximum absolute atomic E-state index is 2.33. The fraction of sp³-hybridized carbons (Fsp3) is 1.00. The van der Waals surface area contributed by atoms with E-state index in [0.717, 1.165) is 0 Å². The van der Waals surface area contributed by atoms with Crippen LogP contribution in [0.3, 0.4) is 0 Å². The smallest absolute Gasteiger partial charge is 0.324 e. The van der Waals surface area contributed by atoms with Gasteiger partial charge in [-0.05, 0) is 25.7 Å². The Morgan fingerprint density at radius 3 is 0.850 bits per heavy atom. The van der Waals surface area contributed by atoms with Gasteiger partial charge in [0, 0.05) is 0 Å². The first kappa shape index (κ1) is 28.0. The minimum atomic E-state index is 0. The molecule has 1 nitrogen and oxygen atoms in total. The lowest BCUT2D eigenvalue weighted by Crippen LogP contribution is -2.50. The van der Waals surface area contributed by atoms with Gasteiger partial charge in [-0.1, -0.05) is 53.4 Å². The van der Waals surface area contributed by atoms with E-state index < -0.39 is 0 Å². The minimum Gasteiger partial charge on any atom is -0.324 e. The SMILES string of the molecule is CCCC[N+](CCCC)(CCCC)CCCC.F.F.F.[H+]. The first-order valence-corrected chi connectivity index (χ1v) is 8.09. The molecule has 0 aromatic heterocycles. The van der Waals surface area contributed by atoms with Crippen molar-refractivity contribution in [3.05, 3.63) is 0 Å². The predicted molar refractivity (Wildman–Crippen MR) is 88.0 cm³/mol. The predicted octanol–water partition coefficient (Wildman–Crippen LogP) is 5.57. The first-order valence-electron chi connectivity index (χ1n) is 8.09. The summed E-state index contributed by atoms with van der Waals surface area (Å²) >= 11 is 0. The lowest BCUT2D eigenvalue weighted by molar-refractivity contribution is -0.929. The van der Waals surface area contributed by atoms with Gasteiger partial charge in [-0.3, -0.25) is 14.1 Å². The van der Waals surface area contributed by atoms with Crippen LogP contribution in [0.1, 0.15) is 80.5 Å². The van der Waals surface area contributed by atoms with Gasteiger partial charge in [-0.15, -0.1) is 0 Å². The highest BCUT2D eigenvalue weighted by atomic mass is 19.0. The van der Waals surface area contributed by atoms with E-state index in [1.807, 2.05) is 0 Å². The molecule has 4 heteroatoms. The molecule has 0 aliphatic heterocycles. The molecular weight excluding hydrogens is 263 g/mol. The highest BCUT2D eigenvalue weighted by Gasteiger charge is 2.24. The molecule has 0 aromatic carbocycles. The van der Waals surface area contributed by atoms with Gasteiger partial charge in [0.1, 0.15) is 0 Å². The molecule has 0 aliphatic rings. The molecule has 0 heterocycles. The fourth-order valence-corrected chi connectivity index (χ4v) is 2.64. The van der Waals surface area contributed by atoms with Crippen LogP contribution in [-0.2, 0) is 0 Å². The summed E-state index contributed by atoms with van der Waals surface area (Å²) in [5, 5.41) is 0. The van der Waals surface area contributed by atoms with E-state index in [1.54, 1.807) is 0 Å². The third-order valence-corrected chi connectivity index (χ3v) is 3.94. The van der Waals surface area contributed by atoms with E-state index in [1.165, 1.54) is 82.0 Å². The van der Waals surface area contributed by atoms with Crippen molar-refractivity contribution >= 4 is 0 Å². The summed E-state index contributed by atoms with van der Waals surface area (Å²) in [7, 11) is 0. The second kappa shape index (κ2) is 18.8. The number of unbranched alkanes of at least 4 members (excludes halogenated alkanes) is 4. The van der Waals surface area contributed by atoms with E-state index in [2.05, 4.69) is 27.7 Å². The number of nitrogens with zero attached hydrogens (tertiary/aromatic N) is 1. The fourth-order valence-electron chi connectivity index (χ4n) is 2.64. The summed E-state index contributed by atoms with van der Waals surface area (Å²) in [4.78, 5) is 0. The molecule has 0 fully saturated rings. The second-order valence-electron chi connectivity index (χ2n) is 5.65. The van der Waals surface area contributed by atoms with E-state index in [4.69, 9.17) is 0 Å². The molecule has 0 aromatic rings. The van der Waals surface area contributed by atoms with Crippen LogP contribution >= 0.6 is 0 Å². The van der Waals surface area contributed by atoms with Gasteiger partial charge in [-0.2, -0.15) is 0 Å². The lowest BCUT2D eigenvalue weighted by atomic mass is 10.1. The average molecular weight is 303 g/mol. The zero-order chi connectivity index (χ0) is 13.0. The van der Waals surface area contributed by atoms with E-state index in [-0.39, 0.29) is 15.5 Å². The van der Waals surface area contributed by atoms with E-state index in [0.29, 0.717) is 0 Å². The van der Waals surface area contributed by atoms with Crippen molar-refractivity contribution in [1.82, 2.24) is 0 Å². The van der Waals surface area contributed by atoms with Gasteiger partial charge in [0.15, 0.2) is 0 Å². The number of rotatable bonds is 12. The number of halogens is 3. The van der Waals surface area contributed by atoms with Gasteiger partial charge >= 0.3 is 1.43 Å². The van der Waals surface area contributed by atoms with Gasteiger partial charge < -0.3 is 4.48 Å². The molecule has 0 saturated heterocycles. The van der Waals surface area contributed by atoms with Crippen LogP contribution in [0.2, 0.25) is 0 Å². The molecular formula is C16H40F3N+2. The highest BCUT2D eigenvalue weighted by molar-refractivity contribution is 4.49. The average Bonchev–Trinajstić information content (AvgIpc) is 2.37. The highest BCUT2D eigenvalue weighted by Crippen LogP contribution is 2.16. The van der Waals surface area contributed by atoms with Crippen molar-refractivity contribution in [2.75, 3.05) is 26.2 Å². The summed E-state index contributed by atoms with van der Waals surface area (Å²) in [5.74, 6) is 0. The molecule has 0 aliphatic carbocycles. The summed E-state index contributed by atoms with van der Waals surface area (Å²) in [6.45, 7) is 15.0. The molecule has 0 spiro atoms. The summed E-state index contributed by atoms with van der Waals surface area (Å²) < 4.78 is 1.42. The Morgan fingerprint density at radius 1 is 0.500 bits per heavy atom. The summed E-state index contributed by atoms with van der Waals surface area (Å²) in [6.07, 6.45) is 11.1. The molecule has 20 heavy (non-hydrogen) atoms. The van der Waals surface area contributed by atoms with Crippen molar-refractivity contribution in [2.24, 2.45) is 0 Å². The standard InChI is InChI=1S/C16H36N.3FH/c1-5-9-13-17(14-10-6-2,15-11-7-3)16-12-8-4;;;/h5-16H2,1-4H3;3*1H/q+1;;;/p+1. The molecule has 0 N–H and O–H groups in total. The van der Waals surface area contributed by atoms with Crippen LogP contribution < -0.4 is 0 Å². The molecule has 0 bridgehead atoms. The topological polar surface area (TPSA) is 0 Å². The molecule has 128 valence electrons. The lowest BCUT2D eigenvalue weighted by Gasteiger charge is -2.39. The van der Waals surface area contributed by atoms with Crippen LogP contribution in [0.15, 0.2) is 0 Å². The number of hydrogen-bond acceptors (Lipinski definition) is 0. The molecule has 0 radical (unpaired) electrons. The van der Waals surface area contributed by atoms with Crippen molar-refractivity contribution in [3.63, 3.8) is 0 Å². The normalized spacial score (nSPS) is 10.2. The monoisotopic (exact) mass is 303 g/mol. The van der Waals surface area contributed by atoms with Gasteiger partial charge in [0.05, 0.1) is 26.2 Å². The molecule has 0 amide bonds. The second-order valence-corrected chi connectivity index (χ2v) is 5.65. The number of quaternary nitrogens is 1. The zero-order valence-electron chi connectivity index (χ0n) is 15.2. The third-order valence-electron chi connectivity index (χ3n) is 3.94. The Kier molecular flexibility index (Phi) is 26.2. The largest absolute Gasteiger partial charge is 1.00 e. The Bertz CT molecular complexity index is 134. The first-order chi connectivity index (χ1) is 8.24. The van der Waals surface area contributed by atoms with Gasteiger partial charge in [0.2, 0.25) is 0 Å². The molecule has 0 rings (SSSR count). The van der Waals surface area contributed by atoms with Crippen LogP contribution in [0, 0.1) is 0 Å². The molecule has 0 unspecified atom stereocenters. The van der Waals surface area contributed by atoms with Crippen LogP contribution in [0.25, 0.3) is 0 Å². The van der Waals surface area contributed by atoms with Crippen LogP contribution in [-0.4, -0.2) is 30.7 Å². The quantitative estimate of drug-likeness (QED) is 0.413. The minimum absolute atomic E-state index is 0. The van der Waals surface area contributed by atoms with E-state index >= 15 is 0 Å². The molecule has 0 atom stereocenters. The summed E-state index contributed by atoms with van der Waals surface area (Å²) in [6, 6.07) is 0. The van der Waals surface area contributed by atoms with Crippen molar-refractivity contribution < 1.29 is 20.0 Å². The van der Waals surface area contributed by atoms with Crippen LogP contribution in [0.5, 0.6) is 0 Å². The molecule has 0 saturated carbocycles. The van der Waals surface area contributed by atoms with E-state index in [9.17, 15) is 0 Å². The Hall–Kier alpha value is -0.250. The maximum atomic E-state index is 2.33. The summed E-state index contributed by atoms with van der Waals surface area (Å²) in [5.41, 5.74) is 0. The Labute approximate surface area is 126 Å². The zero-order valence-corrected chi connectivity index (χ0v) is 14.2. The number of hydrogen-bond donors (Lipinski definition) is 0.